The third-order valence-electron chi connectivity index (χ3n) is 4.51. The average Bonchev–Trinajstić information content (AvgIpc) is 3.11. The maximum absolute atomic E-state index is 14.4. The third kappa shape index (κ3) is 3.26. The monoisotopic (exact) mass is 411 g/mol. The largest absolute Gasteiger partial charge is 0.383 e. The molecule has 3 aromatic rings. The molecule has 4 rings (SSSR count). The highest BCUT2D eigenvalue weighted by molar-refractivity contribution is 6.13. The highest BCUT2D eigenvalue weighted by Crippen LogP contribution is 2.30. The smallest absolute Gasteiger partial charge is 0.270 e. The van der Waals surface area contributed by atoms with Gasteiger partial charge in [0.25, 0.3) is 5.69 Å². The van der Waals surface area contributed by atoms with Crippen LogP contribution in [-0.2, 0) is 0 Å². The number of nitrogen functional groups attached to an aromatic ring is 1. The molecule has 0 amide bonds. The molecule has 152 valence electrons. The molecule has 0 unspecified atom stereocenters. The molecular formula is C19H15F2N7O2. The van der Waals surface area contributed by atoms with Crippen LogP contribution in [-0.4, -0.2) is 27.9 Å². The number of non-ortho nitro benzene ring substituents is 1. The SMILES string of the molecule is CN1NN=C(c2cc(-c3cccc([N+](=O)[O-])c3)cnc2N)N1c1cccc(F)c1F. The molecule has 3 N–H and O–H groups in total. The fourth-order valence-electron chi connectivity index (χ4n) is 3.07. The van der Waals surface area contributed by atoms with Crippen molar-refractivity contribution >= 4 is 23.0 Å². The lowest BCUT2D eigenvalue weighted by Crippen LogP contribution is -2.44. The first-order chi connectivity index (χ1) is 14.4. The number of rotatable bonds is 4. The Morgan fingerprint density at radius 3 is 2.67 bits per heavy atom. The summed E-state index contributed by atoms with van der Waals surface area (Å²) in [6.45, 7) is 0. The van der Waals surface area contributed by atoms with Gasteiger partial charge in [-0.2, -0.15) is 0 Å². The van der Waals surface area contributed by atoms with Gasteiger partial charge in [0.15, 0.2) is 17.5 Å². The molecule has 9 nitrogen and oxygen atoms in total. The molecule has 0 radical (unpaired) electrons. The number of nitro groups is 1. The van der Waals surface area contributed by atoms with E-state index < -0.39 is 16.6 Å². The van der Waals surface area contributed by atoms with Crippen LogP contribution in [0.3, 0.4) is 0 Å². The van der Waals surface area contributed by atoms with Gasteiger partial charge < -0.3 is 5.73 Å². The predicted molar refractivity (Wildman–Crippen MR) is 107 cm³/mol. The van der Waals surface area contributed by atoms with E-state index in [0.29, 0.717) is 16.7 Å². The number of benzene rings is 2. The molecule has 0 aliphatic carbocycles. The van der Waals surface area contributed by atoms with Gasteiger partial charge in [-0.05, 0) is 23.8 Å². The molecule has 1 aliphatic rings. The fourth-order valence-corrected chi connectivity index (χ4v) is 3.07. The van der Waals surface area contributed by atoms with Crippen LogP contribution in [0.1, 0.15) is 5.56 Å². The summed E-state index contributed by atoms with van der Waals surface area (Å²) in [7, 11) is 1.56. The number of amidine groups is 1. The number of nitrogens with zero attached hydrogens (tertiary/aromatic N) is 5. The molecule has 2 heterocycles. The average molecular weight is 411 g/mol. The first kappa shape index (κ1) is 19.2. The van der Waals surface area contributed by atoms with E-state index >= 15 is 0 Å². The van der Waals surface area contributed by atoms with Gasteiger partial charge in [0.2, 0.25) is 0 Å². The van der Waals surface area contributed by atoms with E-state index in [9.17, 15) is 18.9 Å². The zero-order valence-corrected chi connectivity index (χ0v) is 15.6. The lowest BCUT2D eigenvalue weighted by Gasteiger charge is -2.26. The zero-order chi connectivity index (χ0) is 21.4. The van der Waals surface area contributed by atoms with E-state index in [4.69, 9.17) is 5.73 Å². The molecule has 2 aromatic carbocycles. The number of hydrogen-bond acceptors (Lipinski definition) is 8. The number of hydrogen-bond donors (Lipinski definition) is 2. The van der Waals surface area contributed by atoms with Crippen molar-refractivity contribution in [1.82, 2.24) is 15.6 Å². The maximum atomic E-state index is 14.4. The van der Waals surface area contributed by atoms with Crippen LogP contribution in [0.15, 0.2) is 59.8 Å². The van der Waals surface area contributed by atoms with Crippen molar-refractivity contribution in [2.45, 2.75) is 0 Å². The standard InChI is InChI=1S/C19H15F2N7O2/c1-26-25-24-19(27(26)16-7-3-6-15(20)17(16)21)14-9-12(10-23-18(14)22)11-4-2-5-13(8-11)28(29)30/h2-10,25H,1H3,(H2,22,23). The van der Waals surface area contributed by atoms with Crippen LogP contribution >= 0.6 is 0 Å². The maximum Gasteiger partial charge on any atom is 0.270 e. The van der Waals surface area contributed by atoms with E-state index in [1.54, 1.807) is 25.2 Å². The number of nitrogens with one attached hydrogen (secondary N) is 1. The van der Waals surface area contributed by atoms with Crippen LogP contribution in [0, 0.1) is 21.7 Å². The van der Waals surface area contributed by atoms with Crippen LogP contribution < -0.4 is 16.3 Å². The van der Waals surface area contributed by atoms with Gasteiger partial charge in [-0.3, -0.25) is 10.1 Å². The molecule has 0 atom stereocenters. The zero-order valence-electron chi connectivity index (χ0n) is 15.6. The second-order valence-corrected chi connectivity index (χ2v) is 6.41. The first-order valence-electron chi connectivity index (χ1n) is 8.68. The van der Waals surface area contributed by atoms with E-state index in [-0.39, 0.29) is 23.0 Å². The van der Waals surface area contributed by atoms with Crippen molar-refractivity contribution in [3.8, 4) is 11.1 Å². The minimum Gasteiger partial charge on any atom is -0.383 e. The molecule has 0 saturated heterocycles. The second kappa shape index (κ2) is 7.37. The van der Waals surface area contributed by atoms with Crippen LogP contribution in [0.25, 0.3) is 11.1 Å². The van der Waals surface area contributed by atoms with Crippen LogP contribution in [0.5, 0.6) is 0 Å². The molecule has 0 saturated carbocycles. The first-order valence-corrected chi connectivity index (χ1v) is 8.68. The number of hydrazone groups is 1. The highest BCUT2D eigenvalue weighted by atomic mass is 19.2. The number of halogens is 2. The van der Waals surface area contributed by atoms with Crippen molar-refractivity contribution < 1.29 is 13.7 Å². The quantitative estimate of drug-likeness (QED) is 0.501. The molecule has 30 heavy (non-hydrogen) atoms. The Balaban J connectivity index is 1.80. The highest BCUT2D eigenvalue weighted by Gasteiger charge is 2.30. The molecule has 1 aromatic heterocycles. The van der Waals surface area contributed by atoms with Gasteiger partial charge in [-0.25, -0.2) is 24.3 Å². The van der Waals surface area contributed by atoms with E-state index in [1.807, 2.05) is 0 Å². The minimum atomic E-state index is -1.05. The summed E-state index contributed by atoms with van der Waals surface area (Å²) in [5.74, 6) is -1.79. The van der Waals surface area contributed by atoms with Gasteiger partial charge >= 0.3 is 0 Å². The lowest BCUT2D eigenvalue weighted by molar-refractivity contribution is -0.384. The molecule has 11 heteroatoms. The number of aromatic nitrogens is 1. The van der Waals surface area contributed by atoms with Crippen molar-refractivity contribution in [2.24, 2.45) is 5.10 Å². The third-order valence-corrected chi connectivity index (χ3v) is 4.51. The van der Waals surface area contributed by atoms with Gasteiger partial charge in [0.05, 0.1) is 10.5 Å². The Hall–Kier alpha value is -4.12. The number of hydrazine groups is 2. The molecule has 0 spiro atoms. The van der Waals surface area contributed by atoms with E-state index in [0.717, 1.165) is 6.07 Å². The summed E-state index contributed by atoms with van der Waals surface area (Å²) in [6, 6.07) is 11.4. The Morgan fingerprint density at radius 2 is 1.90 bits per heavy atom. The van der Waals surface area contributed by atoms with Crippen LogP contribution in [0.2, 0.25) is 0 Å². The van der Waals surface area contributed by atoms with Crippen molar-refractivity contribution in [2.75, 3.05) is 17.8 Å². The Morgan fingerprint density at radius 1 is 1.13 bits per heavy atom. The molecule has 1 aliphatic heterocycles. The minimum absolute atomic E-state index is 0.0751. The van der Waals surface area contributed by atoms with E-state index in [1.165, 1.54) is 40.6 Å². The van der Waals surface area contributed by atoms with Gasteiger partial charge in [0.1, 0.15) is 11.5 Å². The van der Waals surface area contributed by atoms with Crippen molar-refractivity contribution in [3.05, 3.63) is 82.0 Å². The number of anilines is 2. The molecular weight excluding hydrogens is 396 g/mol. The lowest BCUT2D eigenvalue weighted by atomic mass is 10.0. The second-order valence-electron chi connectivity index (χ2n) is 6.41. The Kier molecular flexibility index (Phi) is 4.72. The summed E-state index contributed by atoms with van der Waals surface area (Å²) in [4.78, 5) is 14.7. The van der Waals surface area contributed by atoms with E-state index in [2.05, 4.69) is 15.6 Å². The Labute approximate surface area is 169 Å². The summed E-state index contributed by atoms with van der Waals surface area (Å²) in [6.07, 6.45) is 1.47. The van der Waals surface area contributed by atoms with Crippen molar-refractivity contribution in [1.29, 1.82) is 0 Å². The van der Waals surface area contributed by atoms with Crippen LogP contribution in [0.4, 0.5) is 26.0 Å². The molecule has 0 fully saturated rings. The number of nitro benzene ring substituents is 1. The Bertz CT molecular complexity index is 1190. The summed E-state index contributed by atoms with van der Waals surface area (Å²) in [5.41, 5.74) is 9.96. The molecule has 0 bridgehead atoms. The summed E-state index contributed by atoms with van der Waals surface area (Å²) < 4.78 is 28.2. The van der Waals surface area contributed by atoms with Gasteiger partial charge in [0, 0.05) is 30.9 Å². The fraction of sp³-hybridized carbons (Fsp3) is 0.0526. The van der Waals surface area contributed by atoms with Gasteiger partial charge in [-0.15, -0.1) is 10.2 Å². The summed E-state index contributed by atoms with van der Waals surface area (Å²) in [5, 5.41) is 17.9. The number of pyridine rings is 1. The number of nitrogens with two attached hydrogens (primary N) is 1. The normalized spacial score (nSPS) is 13.8. The van der Waals surface area contributed by atoms with Crippen molar-refractivity contribution in [3.63, 3.8) is 0 Å². The predicted octanol–water partition coefficient (Wildman–Crippen LogP) is 3.05. The topological polar surface area (TPSA) is 113 Å². The summed E-state index contributed by atoms with van der Waals surface area (Å²) >= 11 is 0. The van der Waals surface area contributed by atoms with Gasteiger partial charge in [-0.1, -0.05) is 18.2 Å².